The van der Waals surface area contributed by atoms with Gasteiger partial charge in [-0.1, -0.05) is 17.4 Å². The Labute approximate surface area is 89.8 Å². The first-order valence-electron chi connectivity index (χ1n) is 3.97. The van der Waals surface area contributed by atoms with Crippen molar-refractivity contribution in [2.45, 2.75) is 9.37 Å². The van der Waals surface area contributed by atoms with Gasteiger partial charge >= 0.3 is 0 Å². The van der Waals surface area contributed by atoms with Crippen molar-refractivity contribution in [3.05, 3.63) is 23.7 Å². The molecule has 0 saturated heterocycles. The molecule has 0 unspecified atom stereocenters. The average Bonchev–Trinajstić information content (AvgIpc) is 2.71. The van der Waals surface area contributed by atoms with Crippen LogP contribution >= 0.6 is 23.1 Å². The summed E-state index contributed by atoms with van der Waals surface area (Å²) in [5.41, 5.74) is 1.71. The van der Waals surface area contributed by atoms with Gasteiger partial charge in [0.05, 0.1) is 0 Å². The highest BCUT2D eigenvalue weighted by atomic mass is 32.2. The van der Waals surface area contributed by atoms with Crippen LogP contribution in [0.25, 0.3) is 0 Å². The highest BCUT2D eigenvalue weighted by Crippen LogP contribution is 2.27. The predicted octanol–water partition coefficient (Wildman–Crippen LogP) is 2.13. The zero-order chi connectivity index (χ0) is 9.80. The molecule has 2 heterocycles. The molecule has 2 rings (SSSR count). The van der Waals surface area contributed by atoms with Crippen LogP contribution in [0.1, 0.15) is 0 Å². The Kier molecular flexibility index (Phi) is 2.95. The Morgan fingerprint density at radius 2 is 2.36 bits per heavy atom. The van der Waals surface area contributed by atoms with E-state index in [0.717, 1.165) is 15.2 Å². The minimum atomic E-state index is 0.861. The molecule has 0 aliphatic rings. The molecule has 0 radical (unpaired) electrons. The zero-order valence-corrected chi connectivity index (χ0v) is 9.10. The van der Waals surface area contributed by atoms with Crippen molar-refractivity contribution in [3.63, 3.8) is 0 Å². The van der Waals surface area contributed by atoms with Gasteiger partial charge in [0.15, 0.2) is 4.34 Å². The fourth-order valence-corrected chi connectivity index (χ4v) is 2.32. The number of nitrogens with zero attached hydrogens (tertiary/aromatic N) is 3. The second-order valence-electron chi connectivity index (χ2n) is 2.42. The van der Waals surface area contributed by atoms with Crippen molar-refractivity contribution in [1.29, 1.82) is 0 Å². The lowest BCUT2D eigenvalue weighted by Crippen LogP contribution is -1.91. The smallest absolute Gasteiger partial charge is 0.180 e. The SMILES string of the molecule is CNc1cccc(Sc2nncs2)n1. The van der Waals surface area contributed by atoms with Gasteiger partial charge in [-0.05, 0) is 23.9 Å². The van der Waals surface area contributed by atoms with Gasteiger partial charge in [0.2, 0.25) is 0 Å². The summed E-state index contributed by atoms with van der Waals surface area (Å²) in [6.45, 7) is 0. The molecule has 2 aromatic heterocycles. The molecule has 72 valence electrons. The summed E-state index contributed by atoms with van der Waals surface area (Å²) >= 11 is 3.03. The fraction of sp³-hybridized carbons (Fsp3) is 0.125. The minimum absolute atomic E-state index is 0.861. The second kappa shape index (κ2) is 4.39. The van der Waals surface area contributed by atoms with E-state index >= 15 is 0 Å². The van der Waals surface area contributed by atoms with E-state index in [9.17, 15) is 0 Å². The van der Waals surface area contributed by atoms with E-state index in [-0.39, 0.29) is 0 Å². The molecular formula is C8H8N4S2. The highest BCUT2D eigenvalue weighted by molar-refractivity contribution is 8.00. The lowest BCUT2D eigenvalue weighted by Gasteiger charge is -2.00. The summed E-state index contributed by atoms with van der Waals surface area (Å²) < 4.78 is 0.908. The van der Waals surface area contributed by atoms with Crippen LogP contribution in [0.3, 0.4) is 0 Å². The molecule has 1 N–H and O–H groups in total. The van der Waals surface area contributed by atoms with E-state index < -0.39 is 0 Å². The van der Waals surface area contributed by atoms with Gasteiger partial charge < -0.3 is 5.32 Å². The van der Waals surface area contributed by atoms with Gasteiger partial charge in [0, 0.05) is 7.05 Å². The fourth-order valence-electron chi connectivity index (χ4n) is 0.908. The Balaban J connectivity index is 2.17. The van der Waals surface area contributed by atoms with Gasteiger partial charge in [-0.25, -0.2) is 4.98 Å². The first kappa shape index (κ1) is 9.42. The zero-order valence-electron chi connectivity index (χ0n) is 7.47. The molecule has 0 fully saturated rings. The van der Waals surface area contributed by atoms with Crippen molar-refractivity contribution in [3.8, 4) is 0 Å². The standard InChI is InChI=1S/C8H8N4S2/c1-9-6-3-2-4-7(11-6)14-8-12-10-5-13-8/h2-5H,1H3,(H,9,11). The molecule has 0 saturated carbocycles. The molecule has 14 heavy (non-hydrogen) atoms. The molecule has 0 atom stereocenters. The predicted molar refractivity (Wildman–Crippen MR) is 57.8 cm³/mol. The average molecular weight is 224 g/mol. The maximum absolute atomic E-state index is 4.36. The molecular weight excluding hydrogens is 216 g/mol. The Morgan fingerprint density at radius 1 is 1.43 bits per heavy atom. The van der Waals surface area contributed by atoms with Crippen LogP contribution in [-0.2, 0) is 0 Å². The molecule has 2 aromatic rings. The first-order chi connectivity index (χ1) is 6.88. The summed E-state index contributed by atoms with van der Waals surface area (Å²) in [6, 6.07) is 5.83. The number of rotatable bonds is 3. The van der Waals surface area contributed by atoms with Crippen LogP contribution in [0.2, 0.25) is 0 Å². The van der Waals surface area contributed by atoms with Crippen molar-refractivity contribution in [1.82, 2.24) is 15.2 Å². The van der Waals surface area contributed by atoms with E-state index in [1.807, 2.05) is 25.2 Å². The highest BCUT2D eigenvalue weighted by Gasteiger charge is 2.02. The third-order valence-electron chi connectivity index (χ3n) is 1.51. The number of hydrogen-bond acceptors (Lipinski definition) is 6. The van der Waals surface area contributed by atoms with Crippen LogP contribution < -0.4 is 5.32 Å². The summed E-state index contributed by atoms with van der Waals surface area (Å²) in [7, 11) is 1.85. The molecule has 6 heteroatoms. The van der Waals surface area contributed by atoms with Crippen LogP contribution in [-0.4, -0.2) is 22.2 Å². The van der Waals surface area contributed by atoms with Crippen molar-refractivity contribution in [2.75, 3.05) is 12.4 Å². The number of aromatic nitrogens is 3. The second-order valence-corrected chi connectivity index (χ2v) is 4.52. The van der Waals surface area contributed by atoms with Crippen LogP contribution in [0.15, 0.2) is 33.1 Å². The van der Waals surface area contributed by atoms with Gasteiger partial charge in [0.1, 0.15) is 16.4 Å². The summed E-state index contributed by atoms with van der Waals surface area (Å²) in [5, 5.41) is 11.6. The molecule has 0 aromatic carbocycles. The number of pyridine rings is 1. The van der Waals surface area contributed by atoms with Crippen LogP contribution in [0.5, 0.6) is 0 Å². The number of hydrogen-bond donors (Lipinski definition) is 1. The topological polar surface area (TPSA) is 50.7 Å². The summed E-state index contributed by atoms with van der Waals surface area (Å²) in [4.78, 5) is 4.36. The summed E-state index contributed by atoms with van der Waals surface area (Å²) in [6.07, 6.45) is 0. The normalized spacial score (nSPS) is 10.1. The van der Waals surface area contributed by atoms with E-state index in [2.05, 4.69) is 20.5 Å². The molecule has 0 spiro atoms. The molecule has 0 aliphatic carbocycles. The van der Waals surface area contributed by atoms with Gasteiger partial charge in [0.25, 0.3) is 0 Å². The van der Waals surface area contributed by atoms with E-state index in [0.29, 0.717) is 0 Å². The molecule has 0 amide bonds. The third kappa shape index (κ3) is 2.21. The van der Waals surface area contributed by atoms with Crippen LogP contribution in [0, 0.1) is 0 Å². The molecule has 0 bridgehead atoms. The maximum Gasteiger partial charge on any atom is 0.180 e. The first-order valence-corrected chi connectivity index (χ1v) is 5.67. The monoisotopic (exact) mass is 224 g/mol. The quantitative estimate of drug-likeness (QED) is 0.865. The van der Waals surface area contributed by atoms with E-state index in [1.165, 1.54) is 23.1 Å². The Morgan fingerprint density at radius 3 is 3.07 bits per heavy atom. The lowest BCUT2D eigenvalue weighted by atomic mass is 10.5. The number of nitrogens with one attached hydrogen (secondary N) is 1. The maximum atomic E-state index is 4.36. The molecule has 4 nitrogen and oxygen atoms in total. The van der Waals surface area contributed by atoms with Crippen LogP contribution in [0.4, 0.5) is 5.82 Å². The van der Waals surface area contributed by atoms with Crippen molar-refractivity contribution in [2.24, 2.45) is 0 Å². The Bertz CT molecular complexity index is 401. The largest absolute Gasteiger partial charge is 0.373 e. The van der Waals surface area contributed by atoms with E-state index in [1.54, 1.807) is 5.51 Å². The van der Waals surface area contributed by atoms with Gasteiger partial charge in [-0.3, -0.25) is 0 Å². The van der Waals surface area contributed by atoms with Gasteiger partial charge in [-0.15, -0.1) is 10.2 Å². The van der Waals surface area contributed by atoms with Crippen molar-refractivity contribution < 1.29 is 0 Å². The summed E-state index contributed by atoms with van der Waals surface area (Å²) in [5.74, 6) is 0.861. The molecule has 0 aliphatic heterocycles. The lowest BCUT2D eigenvalue weighted by molar-refractivity contribution is 1.01. The third-order valence-corrected chi connectivity index (χ3v) is 3.23. The van der Waals surface area contributed by atoms with E-state index in [4.69, 9.17) is 0 Å². The van der Waals surface area contributed by atoms with Crippen molar-refractivity contribution >= 4 is 28.9 Å². The number of anilines is 1. The Hall–Kier alpha value is -1.14. The van der Waals surface area contributed by atoms with Gasteiger partial charge in [-0.2, -0.15) is 0 Å². The minimum Gasteiger partial charge on any atom is -0.373 e.